The Labute approximate surface area is 167 Å². The maximum atomic E-state index is 12.4. The molecule has 6 heteroatoms. The van der Waals surface area contributed by atoms with Crippen LogP contribution in [0.1, 0.15) is 33.2 Å². The lowest BCUT2D eigenvalue weighted by Crippen LogP contribution is -2.16. The van der Waals surface area contributed by atoms with E-state index < -0.39 is 0 Å². The molecule has 2 aromatic carbocycles. The molecule has 4 rings (SSSR count). The number of carbonyl (C=O) groups is 1. The van der Waals surface area contributed by atoms with Crippen molar-refractivity contribution in [3.05, 3.63) is 75.4 Å². The molecule has 0 saturated carbocycles. The number of hydrogen-bond acceptors (Lipinski definition) is 3. The van der Waals surface area contributed by atoms with Gasteiger partial charge in [0.1, 0.15) is 5.82 Å². The molecule has 0 bridgehead atoms. The summed E-state index contributed by atoms with van der Waals surface area (Å²) >= 11 is 8.04. The van der Waals surface area contributed by atoms with E-state index in [4.69, 9.17) is 16.7 Å². The van der Waals surface area contributed by atoms with Crippen molar-refractivity contribution in [2.24, 2.45) is 0 Å². The van der Waals surface area contributed by atoms with E-state index in [-0.39, 0.29) is 11.2 Å². The van der Waals surface area contributed by atoms with Crippen LogP contribution in [0.15, 0.2) is 42.5 Å². The monoisotopic (exact) mass is 397 g/mol. The number of fused-ring (bicyclic) bond motifs is 1. The van der Waals surface area contributed by atoms with Crippen molar-refractivity contribution in [1.29, 1.82) is 0 Å². The molecule has 138 valence electrons. The number of nitrogens with zero attached hydrogens (tertiary/aromatic N) is 2. The summed E-state index contributed by atoms with van der Waals surface area (Å²) in [7, 11) is 0. The van der Waals surface area contributed by atoms with Gasteiger partial charge in [-0.1, -0.05) is 47.5 Å². The predicted molar refractivity (Wildman–Crippen MR) is 112 cm³/mol. The second-order valence-corrected chi connectivity index (χ2v) is 8.31. The van der Waals surface area contributed by atoms with Crippen LogP contribution in [-0.2, 0) is 4.79 Å². The number of benzene rings is 2. The zero-order valence-corrected chi connectivity index (χ0v) is 17.0. The highest BCUT2D eigenvalue weighted by atomic mass is 35.5. The van der Waals surface area contributed by atoms with Crippen molar-refractivity contribution >= 4 is 35.1 Å². The van der Waals surface area contributed by atoms with Gasteiger partial charge in [-0.05, 0) is 44.0 Å². The lowest BCUT2D eigenvalue weighted by atomic mass is 9.98. The Hall–Kier alpha value is -2.24. The molecule has 1 N–H and O–H groups in total. The van der Waals surface area contributed by atoms with Crippen LogP contribution in [-0.4, -0.2) is 21.4 Å². The Morgan fingerprint density at radius 2 is 1.96 bits per heavy atom. The number of halogens is 1. The first-order valence-electron chi connectivity index (χ1n) is 8.78. The smallest absolute Gasteiger partial charge is 0.235 e. The summed E-state index contributed by atoms with van der Waals surface area (Å²) in [4.78, 5) is 12.4. The first-order valence-corrected chi connectivity index (χ1v) is 10.2. The molecule has 4 nitrogen and oxygen atoms in total. The van der Waals surface area contributed by atoms with Crippen molar-refractivity contribution in [3.63, 3.8) is 0 Å². The Morgan fingerprint density at radius 1 is 1.19 bits per heavy atom. The minimum Gasteiger partial charge on any atom is -0.310 e. The highest BCUT2D eigenvalue weighted by molar-refractivity contribution is 8.00. The normalized spacial score (nSPS) is 16.6. The average molecular weight is 398 g/mol. The molecule has 0 aliphatic carbocycles. The van der Waals surface area contributed by atoms with E-state index >= 15 is 0 Å². The van der Waals surface area contributed by atoms with E-state index in [1.54, 1.807) is 16.4 Å². The van der Waals surface area contributed by atoms with Crippen molar-refractivity contribution < 1.29 is 4.79 Å². The number of carbonyl (C=O) groups excluding carboxylic acids is 1. The molecule has 0 fully saturated rings. The van der Waals surface area contributed by atoms with Gasteiger partial charge in [-0.15, -0.1) is 11.8 Å². The van der Waals surface area contributed by atoms with Gasteiger partial charge in [0.25, 0.3) is 0 Å². The third kappa shape index (κ3) is 3.26. The molecule has 0 radical (unpaired) electrons. The van der Waals surface area contributed by atoms with Crippen molar-refractivity contribution in [1.82, 2.24) is 9.78 Å². The molecule has 0 spiro atoms. The second-order valence-electron chi connectivity index (χ2n) is 6.81. The second kappa shape index (κ2) is 7.06. The van der Waals surface area contributed by atoms with E-state index in [0.29, 0.717) is 16.6 Å². The maximum Gasteiger partial charge on any atom is 0.235 e. The van der Waals surface area contributed by atoms with Gasteiger partial charge in [-0.3, -0.25) is 4.79 Å². The summed E-state index contributed by atoms with van der Waals surface area (Å²) in [6.07, 6.45) is 0. The van der Waals surface area contributed by atoms with E-state index in [1.165, 1.54) is 16.7 Å². The van der Waals surface area contributed by atoms with E-state index in [2.05, 4.69) is 37.4 Å². The first-order chi connectivity index (χ1) is 13.0. The number of para-hydroxylation sites is 1. The fourth-order valence-corrected chi connectivity index (χ4v) is 5.05. The molecule has 27 heavy (non-hydrogen) atoms. The third-order valence-electron chi connectivity index (χ3n) is 4.80. The largest absolute Gasteiger partial charge is 0.310 e. The Bertz CT molecular complexity index is 1040. The van der Waals surface area contributed by atoms with Gasteiger partial charge in [0.15, 0.2) is 0 Å². The molecule has 1 amide bonds. The predicted octanol–water partition coefficient (Wildman–Crippen LogP) is 5.23. The Kier molecular flexibility index (Phi) is 4.74. The topological polar surface area (TPSA) is 46.9 Å². The standard InChI is InChI=1S/C21H20ClN3OS/c1-12-8-9-15(13(2)10-12)20-19-14(3)24-25(17-7-5-4-6-16(17)22)21(19)23-18(26)11-27-20/h4-10,20H,11H2,1-3H3,(H,23,26)/t20-/m0/s1. The summed E-state index contributed by atoms with van der Waals surface area (Å²) in [5.41, 5.74) is 6.35. The molecular formula is C21H20ClN3OS. The first kappa shape index (κ1) is 18.1. The zero-order chi connectivity index (χ0) is 19.1. The van der Waals surface area contributed by atoms with Gasteiger partial charge in [-0.25, -0.2) is 4.68 Å². The molecule has 3 aromatic rings. The van der Waals surface area contributed by atoms with Crippen LogP contribution in [0.5, 0.6) is 0 Å². The van der Waals surface area contributed by atoms with Crippen LogP contribution in [0, 0.1) is 20.8 Å². The fraction of sp³-hybridized carbons (Fsp3) is 0.238. The maximum absolute atomic E-state index is 12.4. The third-order valence-corrected chi connectivity index (χ3v) is 6.37. The van der Waals surface area contributed by atoms with Gasteiger partial charge in [0.05, 0.1) is 27.4 Å². The van der Waals surface area contributed by atoms with E-state index in [1.807, 2.05) is 31.2 Å². The molecule has 0 saturated heterocycles. The number of aryl methyl sites for hydroxylation is 3. The van der Waals surface area contributed by atoms with Crippen LogP contribution in [0.25, 0.3) is 5.69 Å². The summed E-state index contributed by atoms with van der Waals surface area (Å²) < 4.78 is 1.76. The van der Waals surface area contributed by atoms with Gasteiger partial charge in [0.2, 0.25) is 5.91 Å². The van der Waals surface area contributed by atoms with Crippen LogP contribution in [0.4, 0.5) is 5.82 Å². The van der Waals surface area contributed by atoms with Crippen molar-refractivity contribution in [3.8, 4) is 5.69 Å². The molecule has 2 heterocycles. The van der Waals surface area contributed by atoms with Gasteiger partial charge < -0.3 is 5.32 Å². The fourth-order valence-electron chi connectivity index (χ4n) is 3.55. The molecule has 0 unspecified atom stereocenters. The quantitative estimate of drug-likeness (QED) is 0.644. The summed E-state index contributed by atoms with van der Waals surface area (Å²) in [6.45, 7) is 6.20. The average Bonchev–Trinajstić information content (AvgIpc) is 2.82. The van der Waals surface area contributed by atoms with Gasteiger partial charge in [-0.2, -0.15) is 5.10 Å². The van der Waals surface area contributed by atoms with Gasteiger partial charge in [0, 0.05) is 5.56 Å². The molecular weight excluding hydrogens is 378 g/mol. The van der Waals surface area contributed by atoms with Crippen LogP contribution < -0.4 is 5.32 Å². The summed E-state index contributed by atoms with van der Waals surface area (Å²) in [5, 5.41) is 8.41. The Morgan fingerprint density at radius 3 is 2.70 bits per heavy atom. The van der Waals surface area contributed by atoms with Crippen LogP contribution >= 0.6 is 23.4 Å². The number of hydrogen-bond donors (Lipinski definition) is 1. The minimum atomic E-state index is -0.0262. The van der Waals surface area contributed by atoms with E-state index in [0.717, 1.165) is 16.9 Å². The van der Waals surface area contributed by atoms with Crippen LogP contribution in [0.2, 0.25) is 5.02 Å². The molecule has 1 aliphatic heterocycles. The van der Waals surface area contributed by atoms with Gasteiger partial charge >= 0.3 is 0 Å². The lowest BCUT2D eigenvalue weighted by Gasteiger charge is -2.18. The number of anilines is 1. The van der Waals surface area contributed by atoms with Crippen molar-refractivity contribution in [2.75, 3.05) is 11.1 Å². The number of nitrogens with one attached hydrogen (secondary N) is 1. The van der Waals surface area contributed by atoms with Crippen molar-refractivity contribution in [2.45, 2.75) is 26.0 Å². The minimum absolute atomic E-state index is 0.0262. The number of aromatic nitrogens is 2. The number of rotatable bonds is 2. The highest BCUT2D eigenvalue weighted by Gasteiger charge is 2.31. The molecule has 1 atom stereocenters. The zero-order valence-electron chi connectivity index (χ0n) is 15.4. The number of thioether (sulfide) groups is 1. The van der Waals surface area contributed by atoms with E-state index in [9.17, 15) is 4.79 Å². The molecule has 1 aliphatic rings. The number of amides is 1. The summed E-state index contributed by atoms with van der Waals surface area (Å²) in [6, 6.07) is 14.0. The summed E-state index contributed by atoms with van der Waals surface area (Å²) in [5.74, 6) is 1.08. The lowest BCUT2D eigenvalue weighted by molar-refractivity contribution is -0.113. The highest BCUT2D eigenvalue weighted by Crippen LogP contribution is 2.45. The SMILES string of the molecule is Cc1ccc([C@@H]2SCC(=O)Nc3c2c(C)nn3-c2ccccc2Cl)c(C)c1. The Balaban J connectivity index is 1.93. The van der Waals surface area contributed by atoms with Crippen LogP contribution in [0.3, 0.4) is 0 Å². The molecule has 1 aromatic heterocycles.